The van der Waals surface area contributed by atoms with E-state index in [9.17, 15) is 4.79 Å². The fourth-order valence-electron chi connectivity index (χ4n) is 3.00. The summed E-state index contributed by atoms with van der Waals surface area (Å²) in [5, 5.41) is 3.57. The van der Waals surface area contributed by atoms with Crippen LogP contribution >= 0.6 is 0 Å². The van der Waals surface area contributed by atoms with Crippen molar-refractivity contribution in [1.82, 2.24) is 10.2 Å². The largest absolute Gasteiger partial charge is 0.343 e. The maximum atomic E-state index is 11.8. The minimum Gasteiger partial charge on any atom is -0.343 e. The smallest absolute Gasteiger partial charge is 0.223 e. The van der Waals surface area contributed by atoms with Crippen LogP contribution in [0.15, 0.2) is 0 Å². The lowest BCUT2D eigenvalue weighted by molar-refractivity contribution is -0.132. The van der Waals surface area contributed by atoms with Gasteiger partial charge < -0.3 is 10.2 Å². The number of carbonyl (C=O) groups is 1. The molecule has 0 bridgehead atoms. The standard InChI is InChI=1S/C14H22N2O/c1-2-3-6-14(17)16-10-7-12(8-11-16)13-5-4-9-15-13/h1,12-13,15H,3-11H2. The molecule has 0 radical (unpaired) electrons. The van der Waals surface area contributed by atoms with Crippen LogP contribution in [0.1, 0.15) is 38.5 Å². The molecular weight excluding hydrogens is 212 g/mol. The quantitative estimate of drug-likeness (QED) is 0.748. The van der Waals surface area contributed by atoms with Gasteiger partial charge in [0.05, 0.1) is 0 Å². The summed E-state index contributed by atoms with van der Waals surface area (Å²) in [6.45, 7) is 3.02. The molecule has 0 spiro atoms. The van der Waals surface area contributed by atoms with Gasteiger partial charge in [-0.15, -0.1) is 12.3 Å². The van der Waals surface area contributed by atoms with Crippen molar-refractivity contribution in [2.24, 2.45) is 5.92 Å². The molecule has 0 aliphatic carbocycles. The van der Waals surface area contributed by atoms with Gasteiger partial charge in [0.25, 0.3) is 0 Å². The van der Waals surface area contributed by atoms with E-state index >= 15 is 0 Å². The zero-order chi connectivity index (χ0) is 12.1. The third-order valence-electron chi connectivity index (χ3n) is 4.04. The molecule has 0 saturated carbocycles. The van der Waals surface area contributed by atoms with Crippen molar-refractivity contribution < 1.29 is 4.79 Å². The van der Waals surface area contributed by atoms with Crippen LogP contribution in [0.25, 0.3) is 0 Å². The van der Waals surface area contributed by atoms with Crippen LogP contribution in [0.5, 0.6) is 0 Å². The summed E-state index contributed by atoms with van der Waals surface area (Å²) in [5.74, 6) is 3.54. The summed E-state index contributed by atoms with van der Waals surface area (Å²) >= 11 is 0. The first-order chi connectivity index (χ1) is 8.31. The van der Waals surface area contributed by atoms with E-state index in [2.05, 4.69) is 11.2 Å². The van der Waals surface area contributed by atoms with Gasteiger partial charge in [0.1, 0.15) is 0 Å². The van der Waals surface area contributed by atoms with E-state index in [0.717, 1.165) is 31.8 Å². The molecule has 2 saturated heterocycles. The van der Waals surface area contributed by atoms with E-state index in [1.165, 1.54) is 19.4 Å². The highest BCUT2D eigenvalue weighted by molar-refractivity contribution is 5.76. The average Bonchev–Trinajstić information content (AvgIpc) is 2.90. The molecule has 2 aliphatic rings. The minimum atomic E-state index is 0.237. The van der Waals surface area contributed by atoms with Crippen molar-refractivity contribution in [2.45, 2.75) is 44.6 Å². The van der Waals surface area contributed by atoms with Gasteiger partial charge >= 0.3 is 0 Å². The van der Waals surface area contributed by atoms with Crippen LogP contribution in [-0.2, 0) is 4.79 Å². The highest BCUT2D eigenvalue weighted by Crippen LogP contribution is 2.25. The molecule has 2 heterocycles. The Bertz CT molecular complexity index is 294. The Labute approximate surface area is 104 Å². The van der Waals surface area contributed by atoms with E-state index in [0.29, 0.717) is 18.9 Å². The number of hydrogen-bond acceptors (Lipinski definition) is 2. The summed E-state index contributed by atoms with van der Waals surface area (Å²) in [6.07, 6.45) is 11.2. The predicted octanol–water partition coefficient (Wildman–Crippen LogP) is 1.39. The van der Waals surface area contributed by atoms with E-state index in [-0.39, 0.29) is 5.91 Å². The lowest BCUT2D eigenvalue weighted by atomic mass is 9.88. The number of likely N-dealkylation sites (tertiary alicyclic amines) is 1. The van der Waals surface area contributed by atoms with E-state index in [1.807, 2.05) is 4.90 Å². The minimum absolute atomic E-state index is 0.237. The molecule has 3 heteroatoms. The number of amides is 1. The third-order valence-corrected chi connectivity index (χ3v) is 4.04. The SMILES string of the molecule is C#CCCC(=O)N1CCC(C2CCCN2)CC1. The first-order valence-corrected chi connectivity index (χ1v) is 6.76. The van der Waals surface area contributed by atoms with Crippen molar-refractivity contribution in [3.63, 3.8) is 0 Å². The molecule has 1 amide bonds. The Balaban J connectivity index is 1.73. The molecule has 94 valence electrons. The Morgan fingerprint density at radius 3 is 2.71 bits per heavy atom. The number of nitrogens with zero attached hydrogens (tertiary/aromatic N) is 1. The summed E-state index contributed by atoms with van der Waals surface area (Å²) in [5.41, 5.74) is 0. The van der Waals surface area contributed by atoms with Gasteiger partial charge in [-0.2, -0.15) is 0 Å². The number of carbonyl (C=O) groups excluding carboxylic acids is 1. The topological polar surface area (TPSA) is 32.3 Å². The van der Waals surface area contributed by atoms with E-state index in [4.69, 9.17) is 6.42 Å². The van der Waals surface area contributed by atoms with Crippen molar-refractivity contribution in [3.8, 4) is 12.3 Å². The zero-order valence-corrected chi connectivity index (χ0v) is 10.5. The van der Waals surface area contributed by atoms with Crippen LogP contribution in [0, 0.1) is 18.3 Å². The molecular formula is C14H22N2O. The molecule has 2 aliphatic heterocycles. The van der Waals surface area contributed by atoms with Crippen molar-refractivity contribution in [1.29, 1.82) is 0 Å². The molecule has 3 nitrogen and oxygen atoms in total. The van der Waals surface area contributed by atoms with E-state index < -0.39 is 0 Å². The number of rotatable bonds is 3. The Morgan fingerprint density at radius 1 is 1.35 bits per heavy atom. The van der Waals surface area contributed by atoms with Gasteiger partial charge in [-0.3, -0.25) is 4.79 Å². The molecule has 17 heavy (non-hydrogen) atoms. The Kier molecular flexibility index (Phi) is 4.44. The van der Waals surface area contributed by atoms with Crippen LogP contribution in [0.4, 0.5) is 0 Å². The highest BCUT2D eigenvalue weighted by Gasteiger charge is 2.29. The second-order valence-electron chi connectivity index (χ2n) is 5.13. The maximum Gasteiger partial charge on any atom is 0.223 e. The van der Waals surface area contributed by atoms with E-state index in [1.54, 1.807) is 0 Å². The summed E-state index contributed by atoms with van der Waals surface area (Å²) in [4.78, 5) is 13.8. The molecule has 2 rings (SSSR count). The molecule has 2 fully saturated rings. The highest BCUT2D eigenvalue weighted by atomic mass is 16.2. The second-order valence-corrected chi connectivity index (χ2v) is 5.13. The van der Waals surface area contributed by atoms with Gasteiger partial charge in [-0.05, 0) is 38.1 Å². The average molecular weight is 234 g/mol. The second kappa shape index (κ2) is 6.07. The first-order valence-electron chi connectivity index (χ1n) is 6.76. The third kappa shape index (κ3) is 3.23. The Morgan fingerprint density at radius 2 is 2.12 bits per heavy atom. The first kappa shape index (κ1) is 12.4. The molecule has 1 N–H and O–H groups in total. The lowest BCUT2D eigenvalue weighted by Gasteiger charge is -2.34. The van der Waals surface area contributed by atoms with Crippen molar-refractivity contribution >= 4 is 5.91 Å². The zero-order valence-electron chi connectivity index (χ0n) is 10.5. The molecule has 1 atom stereocenters. The predicted molar refractivity (Wildman–Crippen MR) is 68.4 cm³/mol. The van der Waals surface area contributed by atoms with Crippen molar-refractivity contribution in [2.75, 3.05) is 19.6 Å². The molecule has 0 aromatic rings. The fourth-order valence-corrected chi connectivity index (χ4v) is 3.00. The van der Waals surface area contributed by atoms with Crippen LogP contribution in [0.2, 0.25) is 0 Å². The number of piperidine rings is 1. The van der Waals surface area contributed by atoms with Crippen LogP contribution in [-0.4, -0.2) is 36.5 Å². The lowest BCUT2D eigenvalue weighted by Crippen LogP contribution is -2.43. The Hall–Kier alpha value is -1.01. The number of terminal acetylenes is 1. The normalized spacial score (nSPS) is 25.8. The van der Waals surface area contributed by atoms with Crippen LogP contribution in [0.3, 0.4) is 0 Å². The van der Waals surface area contributed by atoms with Crippen molar-refractivity contribution in [3.05, 3.63) is 0 Å². The van der Waals surface area contributed by atoms with Gasteiger partial charge in [0.2, 0.25) is 5.91 Å². The molecule has 0 aromatic heterocycles. The maximum absolute atomic E-state index is 11.8. The fraction of sp³-hybridized carbons (Fsp3) is 0.786. The number of nitrogens with one attached hydrogen (secondary N) is 1. The molecule has 1 unspecified atom stereocenters. The summed E-state index contributed by atoms with van der Waals surface area (Å²) < 4.78 is 0. The monoisotopic (exact) mass is 234 g/mol. The number of hydrogen-bond donors (Lipinski definition) is 1. The van der Waals surface area contributed by atoms with Gasteiger partial charge in [0, 0.05) is 32.0 Å². The van der Waals surface area contributed by atoms with Gasteiger partial charge in [-0.25, -0.2) is 0 Å². The summed E-state index contributed by atoms with van der Waals surface area (Å²) in [6, 6.07) is 0.706. The molecule has 0 aromatic carbocycles. The van der Waals surface area contributed by atoms with Gasteiger partial charge in [-0.1, -0.05) is 0 Å². The van der Waals surface area contributed by atoms with Crippen LogP contribution < -0.4 is 5.32 Å². The van der Waals surface area contributed by atoms with Gasteiger partial charge in [0.15, 0.2) is 0 Å². The summed E-state index contributed by atoms with van der Waals surface area (Å²) in [7, 11) is 0.